The molecule has 9 heteroatoms. The highest BCUT2D eigenvalue weighted by Crippen LogP contribution is 2.35. The van der Waals surface area contributed by atoms with Crippen LogP contribution in [-0.4, -0.2) is 44.3 Å². The average molecular weight is 532 g/mol. The van der Waals surface area contributed by atoms with E-state index in [2.05, 4.69) is 12.2 Å². The van der Waals surface area contributed by atoms with Gasteiger partial charge in [-0.3, -0.25) is 4.79 Å². The van der Waals surface area contributed by atoms with E-state index < -0.39 is 17.8 Å². The molecule has 2 aromatic rings. The topological polar surface area (TPSA) is 100 Å². The number of esters is 2. The molecule has 2 rings (SSSR count). The summed E-state index contributed by atoms with van der Waals surface area (Å²) < 4.78 is 21.7. The lowest BCUT2D eigenvalue weighted by Gasteiger charge is -2.11. The van der Waals surface area contributed by atoms with Crippen molar-refractivity contribution in [1.82, 2.24) is 0 Å². The number of benzene rings is 1. The number of thiophene rings is 1. The summed E-state index contributed by atoms with van der Waals surface area (Å²) >= 11 is 0.983. The van der Waals surface area contributed by atoms with E-state index in [1.165, 1.54) is 18.9 Å². The van der Waals surface area contributed by atoms with Gasteiger partial charge in [0.25, 0.3) is 0 Å². The van der Waals surface area contributed by atoms with Crippen LogP contribution in [-0.2, 0) is 14.3 Å². The predicted octanol–water partition coefficient (Wildman–Crippen LogP) is 6.42. The second-order valence-corrected chi connectivity index (χ2v) is 9.60. The third-order valence-corrected chi connectivity index (χ3v) is 6.45. The largest absolute Gasteiger partial charge is 0.493 e. The van der Waals surface area contributed by atoms with Crippen LogP contribution in [0.3, 0.4) is 0 Å². The highest BCUT2D eigenvalue weighted by atomic mass is 32.1. The van der Waals surface area contributed by atoms with Gasteiger partial charge in [-0.05, 0) is 63.5 Å². The number of methoxy groups -OCH3 is 1. The fourth-order valence-electron chi connectivity index (χ4n) is 3.46. The van der Waals surface area contributed by atoms with E-state index in [4.69, 9.17) is 18.9 Å². The van der Waals surface area contributed by atoms with Gasteiger partial charge < -0.3 is 24.3 Å². The smallest absolute Gasteiger partial charge is 0.348 e. The fraction of sp³-hybridized carbons (Fsp3) is 0.464. The van der Waals surface area contributed by atoms with Crippen LogP contribution in [0.25, 0.3) is 6.08 Å². The molecule has 0 fully saturated rings. The first kappa shape index (κ1) is 29.9. The predicted molar refractivity (Wildman–Crippen MR) is 146 cm³/mol. The molecule has 37 heavy (non-hydrogen) atoms. The molecule has 1 heterocycles. The number of rotatable bonds is 14. The lowest BCUT2D eigenvalue weighted by Crippen LogP contribution is -2.13. The van der Waals surface area contributed by atoms with Crippen LogP contribution in [0.1, 0.15) is 84.5 Å². The number of unbranched alkanes of at least 4 members (excludes halogenated alkanes) is 3. The average Bonchev–Trinajstić information content (AvgIpc) is 3.18. The van der Waals surface area contributed by atoms with Crippen molar-refractivity contribution in [3.63, 3.8) is 0 Å². The van der Waals surface area contributed by atoms with Crippen LogP contribution in [0, 0.1) is 6.92 Å². The van der Waals surface area contributed by atoms with Crippen molar-refractivity contribution in [1.29, 1.82) is 0 Å². The lowest BCUT2D eigenvalue weighted by molar-refractivity contribution is -0.111. The van der Waals surface area contributed by atoms with E-state index in [-0.39, 0.29) is 28.2 Å². The fourth-order valence-corrected chi connectivity index (χ4v) is 4.54. The third-order valence-electron chi connectivity index (χ3n) is 5.26. The molecule has 1 amide bonds. The molecule has 8 nitrogen and oxygen atoms in total. The Kier molecular flexibility index (Phi) is 12.2. The summed E-state index contributed by atoms with van der Waals surface area (Å²) in [6, 6.07) is 5.42. The molecule has 1 aromatic carbocycles. The monoisotopic (exact) mass is 531 g/mol. The first-order valence-electron chi connectivity index (χ1n) is 12.5. The molecule has 202 valence electrons. The molecule has 0 unspecified atom stereocenters. The Labute approximate surface area is 222 Å². The lowest BCUT2D eigenvalue weighted by atomic mass is 10.1. The number of anilines is 1. The zero-order valence-corrected chi connectivity index (χ0v) is 23.3. The van der Waals surface area contributed by atoms with Gasteiger partial charge in [-0.15, -0.1) is 11.3 Å². The van der Waals surface area contributed by atoms with Gasteiger partial charge in [-0.2, -0.15) is 0 Å². The summed E-state index contributed by atoms with van der Waals surface area (Å²) in [5.41, 5.74) is 1.29. The molecule has 0 radical (unpaired) electrons. The summed E-state index contributed by atoms with van der Waals surface area (Å²) in [4.78, 5) is 38.0. The van der Waals surface area contributed by atoms with Crippen molar-refractivity contribution in [2.45, 2.75) is 66.4 Å². The van der Waals surface area contributed by atoms with Gasteiger partial charge in [0.05, 0.1) is 32.0 Å². The molecule has 0 saturated carbocycles. The normalized spacial score (nSPS) is 11.0. The number of nitrogens with one attached hydrogen (secondary N) is 1. The van der Waals surface area contributed by atoms with Gasteiger partial charge in [0.15, 0.2) is 11.5 Å². The van der Waals surface area contributed by atoms with E-state index in [9.17, 15) is 14.4 Å². The van der Waals surface area contributed by atoms with Gasteiger partial charge >= 0.3 is 11.9 Å². The maximum Gasteiger partial charge on any atom is 0.348 e. The standard InChI is InChI=1S/C28H37NO7S/c1-7-9-10-11-16-35-21-14-12-20(17-22(21)33-6)13-15-23(30)29-26-24(27(31)34-8-2)19(5)25(37-26)28(32)36-18(3)4/h12-15,17-18H,7-11,16H2,1-6H3,(H,29,30)/b15-13+. The van der Waals surface area contributed by atoms with Gasteiger partial charge in [0.1, 0.15) is 9.88 Å². The minimum atomic E-state index is -0.617. The molecule has 0 aliphatic carbocycles. The Morgan fingerprint density at radius 1 is 1.05 bits per heavy atom. The van der Waals surface area contributed by atoms with Crippen LogP contribution >= 0.6 is 11.3 Å². The highest BCUT2D eigenvalue weighted by Gasteiger charge is 2.27. The van der Waals surface area contributed by atoms with Crippen molar-refractivity contribution < 1.29 is 33.3 Å². The van der Waals surface area contributed by atoms with Crippen molar-refractivity contribution in [3.05, 3.63) is 45.8 Å². The molecule has 0 aliphatic heterocycles. The number of carbonyl (C=O) groups is 3. The second kappa shape index (κ2) is 15.0. The van der Waals surface area contributed by atoms with Gasteiger partial charge in [0, 0.05) is 6.08 Å². The molecule has 1 N–H and O–H groups in total. The van der Waals surface area contributed by atoms with Crippen LogP contribution in [0.5, 0.6) is 11.5 Å². The molecule has 0 spiro atoms. The van der Waals surface area contributed by atoms with E-state index in [0.717, 1.165) is 29.7 Å². The molecule has 0 bridgehead atoms. The van der Waals surface area contributed by atoms with Crippen molar-refractivity contribution >= 4 is 40.3 Å². The summed E-state index contributed by atoms with van der Waals surface area (Å²) in [5.74, 6) is -0.418. The zero-order chi connectivity index (χ0) is 27.4. The van der Waals surface area contributed by atoms with E-state index >= 15 is 0 Å². The van der Waals surface area contributed by atoms with Crippen molar-refractivity contribution in [2.75, 3.05) is 25.6 Å². The van der Waals surface area contributed by atoms with E-state index in [1.807, 2.05) is 12.1 Å². The quantitative estimate of drug-likeness (QED) is 0.171. The number of ether oxygens (including phenoxy) is 4. The zero-order valence-electron chi connectivity index (χ0n) is 22.5. The Bertz CT molecular complexity index is 1100. The minimum Gasteiger partial charge on any atom is -0.493 e. The Balaban J connectivity index is 2.17. The van der Waals surface area contributed by atoms with Crippen LogP contribution in [0.4, 0.5) is 5.00 Å². The summed E-state index contributed by atoms with van der Waals surface area (Å²) in [7, 11) is 1.57. The van der Waals surface area contributed by atoms with Gasteiger partial charge in [-0.1, -0.05) is 32.3 Å². The van der Waals surface area contributed by atoms with E-state index in [1.54, 1.807) is 46.9 Å². The van der Waals surface area contributed by atoms with Crippen molar-refractivity contribution in [3.8, 4) is 11.5 Å². The maximum atomic E-state index is 12.7. The minimum absolute atomic E-state index is 0.145. The van der Waals surface area contributed by atoms with Gasteiger partial charge in [0.2, 0.25) is 5.91 Å². The number of hydrogen-bond acceptors (Lipinski definition) is 8. The summed E-state index contributed by atoms with van der Waals surface area (Å²) in [5, 5.41) is 2.93. The summed E-state index contributed by atoms with van der Waals surface area (Å²) in [6.07, 6.45) is 7.10. The molecule has 1 aromatic heterocycles. The van der Waals surface area contributed by atoms with E-state index in [0.29, 0.717) is 23.7 Å². The molecular formula is C28H37NO7S. The SMILES string of the molecule is CCCCCCOc1ccc(/C=C/C(=O)Nc2sc(C(=O)OC(C)C)c(C)c2C(=O)OCC)cc1OC. The highest BCUT2D eigenvalue weighted by molar-refractivity contribution is 7.18. The van der Waals surface area contributed by atoms with Crippen LogP contribution in [0.15, 0.2) is 24.3 Å². The first-order valence-corrected chi connectivity index (χ1v) is 13.3. The molecular weight excluding hydrogens is 494 g/mol. The third kappa shape index (κ3) is 8.93. The summed E-state index contributed by atoms with van der Waals surface area (Å²) in [6.45, 7) is 9.73. The second-order valence-electron chi connectivity index (χ2n) is 8.58. The maximum absolute atomic E-state index is 12.7. The Morgan fingerprint density at radius 3 is 2.46 bits per heavy atom. The number of carbonyl (C=O) groups excluding carboxylic acids is 3. The number of hydrogen-bond donors (Lipinski definition) is 1. The Morgan fingerprint density at radius 2 is 1.81 bits per heavy atom. The number of amides is 1. The van der Waals surface area contributed by atoms with Crippen molar-refractivity contribution in [2.24, 2.45) is 0 Å². The first-order chi connectivity index (χ1) is 17.7. The molecule has 0 atom stereocenters. The van der Waals surface area contributed by atoms with Crippen LogP contribution < -0.4 is 14.8 Å². The molecule has 0 saturated heterocycles. The van der Waals surface area contributed by atoms with Gasteiger partial charge in [-0.25, -0.2) is 9.59 Å². The Hall–Kier alpha value is -3.33. The van der Waals surface area contributed by atoms with Crippen LogP contribution in [0.2, 0.25) is 0 Å². The molecule has 0 aliphatic rings.